The van der Waals surface area contributed by atoms with Crippen LogP contribution in [-0.2, 0) is 10.0 Å². The molecular weight excluding hydrogens is 362 g/mol. The fourth-order valence-corrected chi connectivity index (χ4v) is 3.60. The Kier molecular flexibility index (Phi) is 4.18. The molecule has 2 aromatic carbocycles. The van der Waals surface area contributed by atoms with Crippen molar-refractivity contribution in [3.63, 3.8) is 0 Å². The van der Waals surface area contributed by atoms with Gasteiger partial charge in [0.05, 0.1) is 12.0 Å². The number of nitrogens with one attached hydrogen (secondary N) is 1. The van der Waals surface area contributed by atoms with Crippen LogP contribution in [0.1, 0.15) is 0 Å². The smallest absolute Gasteiger partial charge is 0.238 e. The van der Waals surface area contributed by atoms with Crippen molar-refractivity contribution in [2.75, 3.05) is 7.11 Å². The van der Waals surface area contributed by atoms with Gasteiger partial charge in [0.1, 0.15) is 11.4 Å². The molecule has 2 heterocycles. The topological polar surface area (TPSA) is 98.1 Å². The Morgan fingerprint density at radius 2 is 1.74 bits per heavy atom. The number of fused-ring (bicyclic) bond motifs is 1. The minimum Gasteiger partial charge on any atom is -0.496 e. The molecule has 0 bridgehead atoms. The number of nitrogens with two attached hydrogens (primary N) is 1. The van der Waals surface area contributed by atoms with Crippen molar-refractivity contribution in [3.8, 4) is 28.0 Å². The summed E-state index contributed by atoms with van der Waals surface area (Å²) < 4.78 is 28.3. The van der Waals surface area contributed by atoms with Crippen LogP contribution < -0.4 is 9.88 Å². The van der Waals surface area contributed by atoms with Crippen LogP contribution >= 0.6 is 0 Å². The van der Waals surface area contributed by atoms with Crippen LogP contribution in [0.5, 0.6) is 5.75 Å². The summed E-state index contributed by atoms with van der Waals surface area (Å²) in [4.78, 5) is 7.75. The Hall–Kier alpha value is -3.16. The van der Waals surface area contributed by atoms with Crippen LogP contribution in [0.2, 0.25) is 0 Å². The summed E-state index contributed by atoms with van der Waals surface area (Å²) in [7, 11) is -2.07. The monoisotopic (exact) mass is 379 g/mol. The lowest BCUT2D eigenvalue weighted by atomic mass is 10.0. The van der Waals surface area contributed by atoms with Crippen LogP contribution in [0.25, 0.3) is 33.3 Å². The SMILES string of the molecule is COc1ccccc1-c1c[nH]c2ncc(-c3ccc(S(N)(=O)=O)cc3)cc12. The number of ether oxygens (including phenoxy) is 1. The zero-order chi connectivity index (χ0) is 19.0. The summed E-state index contributed by atoms with van der Waals surface area (Å²) in [6.07, 6.45) is 3.65. The van der Waals surface area contributed by atoms with Crippen molar-refractivity contribution in [2.24, 2.45) is 5.14 Å². The number of hydrogen-bond donors (Lipinski definition) is 2. The van der Waals surface area contributed by atoms with Crippen LogP contribution in [0.4, 0.5) is 0 Å². The minimum absolute atomic E-state index is 0.0802. The minimum atomic E-state index is -3.71. The van der Waals surface area contributed by atoms with E-state index in [1.54, 1.807) is 25.4 Å². The Bertz CT molecular complexity index is 1230. The van der Waals surface area contributed by atoms with Crippen molar-refractivity contribution in [1.29, 1.82) is 0 Å². The molecule has 4 aromatic rings. The molecule has 0 spiro atoms. The summed E-state index contributed by atoms with van der Waals surface area (Å²) in [6.45, 7) is 0. The van der Waals surface area contributed by atoms with E-state index in [2.05, 4.69) is 9.97 Å². The number of nitrogens with zero attached hydrogens (tertiary/aromatic N) is 1. The number of pyridine rings is 1. The highest BCUT2D eigenvalue weighted by Crippen LogP contribution is 2.35. The van der Waals surface area contributed by atoms with Crippen LogP contribution in [0, 0.1) is 0 Å². The van der Waals surface area contributed by atoms with E-state index in [9.17, 15) is 8.42 Å². The van der Waals surface area contributed by atoms with Gasteiger partial charge in [-0.1, -0.05) is 30.3 Å². The third-order valence-corrected chi connectivity index (χ3v) is 5.37. The molecule has 4 rings (SSSR count). The lowest BCUT2D eigenvalue weighted by Gasteiger charge is -2.08. The second-order valence-corrected chi connectivity index (χ2v) is 7.65. The third-order valence-electron chi connectivity index (χ3n) is 4.44. The normalized spacial score (nSPS) is 11.6. The lowest BCUT2D eigenvalue weighted by molar-refractivity contribution is 0.416. The van der Waals surface area contributed by atoms with E-state index < -0.39 is 10.0 Å². The Morgan fingerprint density at radius 1 is 1.00 bits per heavy atom. The molecule has 0 aliphatic rings. The number of rotatable bonds is 4. The van der Waals surface area contributed by atoms with E-state index in [0.29, 0.717) is 0 Å². The molecule has 0 saturated carbocycles. The molecule has 0 atom stereocenters. The molecule has 27 heavy (non-hydrogen) atoms. The van der Waals surface area contributed by atoms with Gasteiger partial charge in [0.25, 0.3) is 0 Å². The number of para-hydroxylation sites is 1. The number of hydrogen-bond acceptors (Lipinski definition) is 4. The second-order valence-electron chi connectivity index (χ2n) is 6.09. The molecule has 0 radical (unpaired) electrons. The number of aromatic nitrogens is 2. The summed E-state index contributed by atoms with van der Waals surface area (Å²) in [5.74, 6) is 0.779. The van der Waals surface area contributed by atoms with Gasteiger partial charge in [0, 0.05) is 34.5 Å². The van der Waals surface area contributed by atoms with E-state index in [1.165, 1.54) is 12.1 Å². The molecule has 7 heteroatoms. The number of primary sulfonamides is 1. The van der Waals surface area contributed by atoms with Gasteiger partial charge >= 0.3 is 0 Å². The molecule has 0 aliphatic carbocycles. The first-order valence-corrected chi connectivity index (χ1v) is 9.76. The van der Waals surface area contributed by atoms with Gasteiger partial charge in [-0.2, -0.15) is 0 Å². The van der Waals surface area contributed by atoms with E-state index in [0.717, 1.165) is 39.0 Å². The maximum Gasteiger partial charge on any atom is 0.238 e. The zero-order valence-corrected chi connectivity index (χ0v) is 15.3. The molecular formula is C20H17N3O3S. The first kappa shape index (κ1) is 17.3. The third kappa shape index (κ3) is 3.18. The largest absolute Gasteiger partial charge is 0.496 e. The molecule has 0 fully saturated rings. The average molecular weight is 379 g/mol. The first-order valence-electron chi connectivity index (χ1n) is 8.21. The van der Waals surface area contributed by atoms with E-state index >= 15 is 0 Å². The molecule has 2 aromatic heterocycles. The van der Waals surface area contributed by atoms with Gasteiger partial charge in [0.2, 0.25) is 10.0 Å². The Labute approximate surface area is 156 Å². The molecule has 0 aliphatic heterocycles. The number of aromatic amines is 1. The van der Waals surface area contributed by atoms with Crippen molar-refractivity contribution in [3.05, 3.63) is 67.0 Å². The maximum absolute atomic E-state index is 11.4. The Morgan fingerprint density at radius 3 is 2.44 bits per heavy atom. The summed E-state index contributed by atoms with van der Waals surface area (Å²) in [6, 6.07) is 16.2. The van der Waals surface area contributed by atoms with Gasteiger partial charge in [-0.15, -0.1) is 0 Å². The van der Waals surface area contributed by atoms with E-state index in [1.807, 2.05) is 36.5 Å². The average Bonchev–Trinajstić information content (AvgIpc) is 3.10. The van der Waals surface area contributed by atoms with Gasteiger partial charge in [-0.05, 0) is 29.8 Å². The zero-order valence-electron chi connectivity index (χ0n) is 14.5. The standard InChI is InChI=1S/C20H17N3O3S/c1-26-19-5-3-2-4-16(19)18-12-23-20-17(18)10-14(11-22-20)13-6-8-15(9-7-13)27(21,24)25/h2-12H,1H3,(H,22,23)(H2,21,24,25). The predicted molar refractivity (Wildman–Crippen MR) is 105 cm³/mol. The predicted octanol–water partition coefficient (Wildman–Crippen LogP) is 3.55. The number of benzene rings is 2. The summed E-state index contributed by atoms with van der Waals surface area (Å²) in [5, 5.41) is 6.11. The van der Waals surface area contributed by atoms with Crippen molar-refractivity contribution in [1.82, 2.24) is 9.97 Å². The highest BCUT2D eigenvalue weighted by atomic mass is 32.2. The van der Waals surface area contributed by atoms with E-state index in [4.69, 9.17) is 9.88 Å². The van der Waals surface area contributed by atoms with Crippen molar-refractivity contribution in [2.45, 2.75) is 4.90 Å². The highest BCUT2D eigenvalue weighted by Gasteiger charge is 2.13. The molecule has 0 saturated heterocycles. The van der Waals surface area contributed by atoms with Crippen LogP contribution in [0.15, 0.2) is 71.9 Å². The summed E-state index contributed by atoms with van der Waals surface area (Å²) in [5.41, 5.74) is 4.44. The van der Waals surface area contributed by atoms with Crippen LogP contribution in [0.3, 0.4) is 0 Å². The fraction of sp³-hybridized carbons (Fsp3) is 0.0500. The van der Waals surface area contributed by atoms with Gasteiger partial charge < -0.3 is 9.72 Å². The lowest BCUT2D eigenvalue weighted by Crippen LogP contribution is -2.11. The quantitative estimate of drug-likeness (QED) is 0.566. The second kappa shape index (κ2) is 6.53. The van der Waals surface area contributed by atoms with Gasteiger partial charge in [-0.25, -0.2) is 18.5 Å². The maximum atomic E-state index is 11.4. The highest BCUT2D eigenvalue weighted by molar-refractivity contribution is 7.89. The fourth-order valence-electron chi connectivity index (χ4n) is 3.09. The molecule has 0 amide bonds. The van der Waals surface area contributed by atoms with Crippen molar-refractivity contribution >= 4 is 21.1 Å². The van der Waals surface area contributed by atoms with Crippen molar-refractivity contribution < 1.29 is 13.2 Å². The molecule has 136 valence electrons. The number of sulfonamides is 1. The summed E-state index contributed by atoms with van der Waals surface area (Å²) >= 11 is 0. The van der Waals surface area contributed by atoms with E-state index in [-0.39, 0.29) is 4.90 Å². The first-order chi connectivity index (χ1) is 13.0. The van der Waals surface area contributed by atoms with Gasteiger partial charge in [-0.3, -0.25) is 0 Å². The van der Waals surface area contributed by atoms with Gasteiger partial charge in [0.15, 0.2) is 0 Å². The molecule has 0 unspecified atom stereocenters. The molecule has 3 N–H and O–H groups in total. The molecule has 6 nitrogen and oxygen atoms in total. The number of H-pyrrole nitrogens is 1. The van der Waals surface area contributed by atoms with Crippen LogP contribution in [-0.4, -0.2) is 25.5 Å². The Balaban J connectivity index is 1.83. The number of methoxy groups -OCH3 is 1.